The van der Waals surface area contributed by atoms with Gasteiger partial charge in [0, 0.05) is 11.4 Å². The summed E-state index contributed by atoms with van der Waals surface area (Å²) in [4.78, 5) is 0. The summed E-state index contributed by atoms with van der Waals surface area (Å²) < 4.78 is 0.968. The lowest BCUT2D eigenvalue weighted by molar-refractivity contribution is 1.01. The molecule has 0 unspecified atom stereocenters. The Morgan fingerprint density at radius 2 is 2.05 bits per heavy atom. The average Bonchev–Trinajstić information content (AvgIpc) is 2.85. The van der Waals surface area contributed by atoms with Gasteiger partial charge < -0.3 is 5.32 Å². The molecule has 1 aromatic carbocycles. The van der Waals surface area contributed by atoms with Crippen LogP contribution in [0.4, 0.5) is 10.8 Å². The van der Waals surface area contributed by atoms with Gasteiger partial charge in [0.05, 0.1) is 0 Å². The van der Waals surface area contributed by atoms with Crippen LogP contribution in [0, 0.1) is 0 Å². The summed E-state index contributed by atoms with van der Waals surface area (Å²) in [7, 11) is 0. The highest BCUT2D eigenvalue weighted by atomic mass is 32.2. The molecular formula is C14H17N3S2. The molecule has 1 heterocycles. The minimum atomic E-state index is 0.827. The summed E-state index contributed by atoms with van der Waals surface area (Å²) >= 11 is 3.24. The van der Waals surface area contributed by atoms with Crippen molar-refractivity contribution in [2.24, 2.45) is 0 Å². The lowest BCUT2D eigenvalue weighted by Gasteiger charge is -2.02. The van der Waals surface area contributed by atoms with Crippen molar-refractivity contribution in [1.29, 1.82) is 0 Å². The maximum atomic E-state index is 4.15. The Morgan fingerprint density at radius 3 is 2.68 bits per heavy atom. The quantitative estimate of drug-likeness (QED) is 0.627. The van der Waals surface area contributed by atoms with Crippen molar-refractivity contribution in [1.82, 2.24) is 10.2 Å². The number of thioether (sulfide) groups is 1. The number of rotatable bonds is 6. The van der Waals surface area contributed by atoms with Crippen LogP contribution in [0.25, 0.3) is 0 Å². The Hall–Kier alpha value is -1.33. The van der Waals surface area contributed by atoms with Gasteiger partial charge in [-0.15, -0.1) is 10.2 Å². The van der Waals surface area contributed by atoms with E-state index in [0.717, 1.165) is 32.9 Å². The molecule has 2 aromatic rings. The van der Waals surface area contributed by atoms with E-state index in [9.17, 15) is 0 Å². The van der Waals surface area contributed by atoms with E-state index in [0.29, 0.717) is 0 Å². The first-order valence-corrected chi connectivity index (χ1v) is 7.94. The van der Waals surface area contributed by atoms with E-state index in [4.69, 9.17) is 0 Å². The highest BCUT2D eigenvalue weighted by Gasteiger charge is 2.05. The summed E-state index contributed by atoms with van der Waals surface area (Å²) in [6, 6.07) is 8.39. The van der Waals surface area contributed by atoms with Gasteiger partial charge in [-0.05, 0) is 31.0 Å². The van der Waals surface area contributed by atoms with Gasteiger partial charge in [0.25, 0.3) is 0 Å². The van der Waals surface area contributed by atoms with Crippen molar-refractivity contribution in [3.63, 3.8) is 0 Å². The van der Waals surface area contributed by atoms with Gasteiger partial charge in [0.2, 0.25) is 5.13 Å². The van der Waals surface area contributed by atoms with Crippen LogP contribution < -0.4 is 5.32 Å². The number of aryl methyl sites for hydroxylation is 1. The van der Waals surface area contributed by atoms with Gasteiger partial charge >= 0.3 is 0 Å². The molecule has 0 aliphatic rings. The molecule has 19 heavy (non-hydrogen) atoms. The molecule has 0 bridgehead atoms. The summed E-state index contributed by atoms with van der Waals surface area (Å²) in [5, 5.41) is 12.4. The van der Waals surface area contributed by atoms with Crippen molar-refractivity contribution in [3.05, 3.63) is 42.0 Å². The fourth-order valence-electron chi connectivity index (χ4n) is 1.45. The average molecular weight is 291 g/mol. The van der Waals surface area contributed by atoms with E-state index < -0.39 is 0 Å². The fraction of sp³-hybridized carbons (Fsp3) is 0.286. The third kappa shape index (κ3) is 4.36. The van der Waals surface area contributed by atoms with Crippen LogP contribution in [0.3, 0.4) is 0 Å². The zero-order chi connectivity index (χ0) is 13.7. The van der Waals surface area contributed by atoms with E-state index in [1.54, 1.807) is 23.1 Å². The van der Waals surface area contributed by atoms with Gasteiger partial charge in [-0.3, -0.25) is 0 Å². The van der Waals surface area contributed by atoms with Gasteiger partial charge in [0.1, 0.15) is 0 Å². The number of benzene rings is 1. The second-order valence-electron chi connectivity index (χ2n) is 4.29. The molecule has 1 aromatic heterocycles. The number of nitrogens with one attached hydrogen (secondary N) is 1. The molecule has 0 saturated carbocycles. The van der Waals surface area contributed by atoms with Crippen molar-refractivity contribution >= 4 is 33.9 Å². The summed E-state index contributed by atoms with van der Waals surface area (Å²) in [5.74, 6) is 0.889. The van der Waals surface area contributed by atoms with Crippen LogP contribution in [0.1, 0.15) is 19.4 Å². The SMILES string of the molecule is C=C(C)CSc1nnc(Nc2ccc(CC)cc2)s1. The molecule has 0 spiro atoms. The molecule has 0 atom stereocenters. The second-order valence-corrected chi connectivity index (χ2v) is 6.49. The standard InChI is InChI=1S/C14H17N3S2/c1-4-11-5-7-12(8-6-11)15-13-16-17-14(19-13)18-9-10(2)3/h5-8H,2,4,9H2,1,3H3,(H,15,16). The Bertz CT molecular complexity index is 546. The van der Waals surface area contributed by atoms with Gasteiger partial charge in [-0.25, -0.2) is 0 Å². The molecule has 1 N–H and O–H groups in total. The number of aromatic nitrogens is 2. The van der Waals surface area contributed by atoms with Crippen molar-refractivity contribution in [2.45, 2.75) is 24.6 Å². The molecular weight excluding hydrogens is 274 g/mol. The second kappa shape index (κ2) is 6.73. The molecule has 100 valence electrons. The monoisotopic (exact) mass is 291 g/mol. The minimum absolute atomic E-state index is 0.827. The normalized spacial score (nSPS) is 10.4. The highest BCUT2D eigenvalue weighted by molar-refractivity contribution is 8.01. The molecule has 0 radical (unpaired) electrons. The van der Waals surface area contributed by atoms with Crippen LogP contribution in [0.15, 0.2) is 40.8 Å². The van der Waals surface area contributed by atoms with Gasteiger partial charge in [-0.2, -0.15) is 0 Å². The Morgan fingerprint density at radius 1 is 1.32 bits per heavy atom. The van der Waals surface area contributed by atoms with Gasteiger partial charge in [-0.1, -0.05) is 54.3 Å². The van der Waals surface area contributed by atoms with Crippen LogP contribution in [0.5, 0.6) is 0 Å². The fourth-order valence-corrected chi connectivity index (χ4v) is 3.07. The Labute approximate surface area is 122 Å². The largest absolute Gasteiger partial charge is 0.330 e. The van der Waals surface area contributed by atoms with E-state index >= 15 is 0 Å². The molecule has 3 nitrogen and oxygen atoms in total. The van der Waals surface area contributed by atoms with Crippen molar-refractivity contribution in [2.75, 3.05) is 11.1 Å². The van der Waals surface area contributed by atoms with Crippen molar-refractivity contribution < 1.29 is 0 Å². The number of anilines is 2. The first-order valence-electron chi connectivity index (χ1n) is 6.14. The smallest absolute Gasteiger partial charge is 0.210 e. The lowest BCUT2D eigenvalue weighted by atomic mass is 10.1. The molecule has 0 aliphatic heterocycles. The van der Waals surface area contributed by atoms with Crippen molar-refractivity contribution in [3.8, 4) is 0 Å². The van der Waals surface area contributed by atoms with Crippen LogP contribution in [-0.2, 0) is 6.42 Å². The summed E-state index contributed by atoms with van der Waals surface area (Å²) in [6.07, 6.45) is 1.06. The van der Waals surface area contributed by atoms with E-state index in [-0.39, 0.29) is 0 Å². The number of nitrogens with zero attached hydrogens (tertiary/aromatic N) is 2. The summed E-state index contributed by atoms with van der Waals surface area (Å²) in [6.45, 7) is 8.05. The van der Waals surface area contributed by atoms with Gasteiger partial charge in [0.15, 0.2) is 4.34 Å². The summed E-state index contributed by atoms with van der Waals surface area (Å²) in [5.41, 5.74) is 3.52. The van der Waals surface area contributed by atoms with Crippen LogP contribution in [0.2, 0.25) is 0 Å². The molecule has 0 aliphatic carbocycles. The topological polar surface area (TPSA) is 37.8 Å². The third-order valence-electron chi connectivity index (χ3n) is 2.46. The molecule has 5 heteroatoms. The number of hydrogen-bond acceptors (Lipinski definition) is 5. The molecule has 0 fully saturated rings. The Kier molecular flexibility index (Phi) is 4.99. The zero-order valence-electron chi connectivity index (χ0n) is 11.1. The Balaban J connectivity index is 1.96. The molecule has 0 saturated heterocycles. The van der Waals surface area contributed by atoms with E-state index in [2.05, 4.69) is 53.3 Å². The molecule has 2 rings (SSSR count). The first-order chi connectivity index (χ1) is 9.17. The van der Waals surface area contributed by atoms with E-state index in [1.807, 2.05) is 6.92 Å². The minimum Gasteiger partial charge on any atom is -0.330 e. The maximum Gasteiger partial charge on any atom is 0.210 e. The highest BCUT2D eigenvalue weighted by Crippen LogP contribution is 2.28. The predicted octanol–water partition coefficient (Wildman–Crippen LogP) is 4.51. The van der Waals surface area contributed by atoms with Crippen LogP contribution in [-0.4, -0.2) is 16.0 Å². The lowest BCUT2D eigenvalue weighted by Crippen LogP contribution is -1.89. The van der Waals surface area contributed by atoms with Crippen LogP contribution >= 0.6 is 23.1 Å². The zero-order valence-corrected chi connectivity index (χ0v) is 12.8. The number of hydrogen-bond donors (Lipinski definition) is 1. The predicted molar refractivity (Wildman–Crippen MR) is 84.5 cm³/mol. The van der Waals surface area contributed by atoms with E-state index in [1.165, 1.54) is 5.56 Å². The maximum absolute atomic E-state index is 4.15. The first kappa shape index (κ1) is 14.1. The molecule has 0 amide bonds. The third-order valence-corrected chi connectivity index (χ3v) is 4.66.